The summed E-state index contributed by atoms with van der Waals surface area (Å²) < 4.78 is 5.48. The first kappa shape index (κ1) is 15.2. The third-order valence-electron chi connectivity index (χ3n) is 2.67. The number of rotatable bonds is 7. The summed E-state index contributed by atoms with van der Waals surface area (Å²) in [7, 11) is 0. The van der Waals surface area contributed by atoms with Gasteiger partial charge in [0.15, 0.2) is 5.75 Å². The van der Waals surface area contributed by atoms with E-state index >= 15 is 0 Å². The number of hydrogen-bond donors (Lipinski definition) is 2. The summed E-state index contributed by atoms with van der Waals surface area (Å²) in [5, 5.41) is 14.2. The van der Waals surface area contributed by atoms with Crippen LogP contribution >= 0.6 is 0 Å². The van der Waals surface area contributed by atoms with Gasteiger partial charge in [-0.1, -0.05) is 6.92 Å². The molecule has 6 heteroatoms. The molecule has 0 saturated heterocycles. The van der Waals surface area contributed by atoms with Gasteiger partial charge in [0.05, 0.1) is 11.0 Å². The smallest absolute Gasteiger partial charge is 0.311 e. The second kappa shape index (κ2) is 6.94. The normalized spacial score (nSPS) is 12.3. The van der Waals surface area contributed by atoms with Gasteiger partial charge in [-0.3, -0.25) is 10.1 Å². The molecule has 0 bridgehead atoms. The third kappa shape index (κ3) is 4.40. The Bertz CT molecular complexity index is 431. The predicted octanol–water partition coefficient (Wildman–Crippen LogP) is 2.53. The third-order valence-corrected chi connectivity index (χ3v) is 2.67. The average molecular weight is 267 g/mol. The molecule has 19 heavy (non-hydrogen) atoms. The van der Waals surface area contributed by atoms with Crippen LogP contribution in [-0.2, 0) is 0 Å². The highest BCUT2D eigenvalue weighted by atomic mass is 16.6. The van der Waals surface area contributed by atoms with Gasteiger partial charge in [0, 0.05) is 30.4 Å². The Labute approximate surface area is 113 Å². The number of nitrogens with zero attached hydrogens (tertiary/aromatic N) is 1. The van der Waals surface area contributed by atoms with Crippen molar-refractivity contribution in [2.24, 2.45) is 5.73 Å². The molecular formula is C13H21N3O3. The minimum atomic E-state index is -0.443. The highest BCUT2D eigenvalue weighted by Crippen LogP contribution is 2.31. The molecule has 0 heterocycles. The van der Waals surface area contributed by atoms with Crippen molar-refractivity contribution in [3.63, 3.8) is 0 Å². The zero-order valence-electron chi connectivity index (χ0n) is 11.6. The fraction of sp³-hybridized carbons (Fsp3) is 0.538. The van der Waals surface area contributed by atoms with Crippen molar-refractivity contribution in [3.05, 3.63) is 28.3 Å². The van der Waals surface area contributed by atoms with Gasteiger partial charge in [-0.2, -0.15) is 0 Å². The maximum Gasteiger partial charge on any atom is 0.311 e. The number of ether oxygens (including phenoxy) is 1. The highest BCUT2D eigenvalue weighted by Gasteiger charge is 2.17. The van der Waals surface area contributed by atoms with E-state index in [2.05, 4.69) is 5.32 Å². The molecule has 1 aromatic carbocycles. The molecule has 1 aromatic rings. The van der Waals surface area contributed by atoms with Gasteiger partial charge in [0.1, 0.15) is 0 Å². The van der Waals surface area contributed by atoms with Gasteiger partial charge >= 0.3 is 5.69 Å². The molecule has 0 saturated carbocycles. The van der Waals surface area contributed by atoms with Crippen molar-refractivity contribution in [1.82, 2.24) is 0 Å². The molecular weight excluding hydrogens is 246 g/mol. The van der Waals surface area contributed by atoms with E-state index in [1.807, 2.05) is 20.8 Å². The van der Waals surface area contributed by atoms with Crippen LogP contribution in [0.4, 0.5) is 11.4 Å². The molecule has 0 fully saturated rings. The van der Waals surface area contributed by atoms with Gasteiger partial charge in [-0.15, -0.1) is 0 Å². The Kier molecular flexibility index (Phi) is 5.57. The van der Waals surface area contributed by atoms with Crippen molar-refractivity contribution in [2.75, 3.05) is 11.9 Å². The standard InChI is InChI=1S/C13H21N3O3/c1-4-10(8-14)15-11-5-6-12(16(17)18)13(7-11)19-9(2)3/h5-7,9-10,15H,4,8,14H2,1-3H3. The first-order valence-corrected chi connectivity index (χ1v) is 6.39. The number of anilines is 1. The van der Waals surface area contributed by atoms with Crippen LogP contribution in [0.3, 0.4) is 0 Å². The number of nitro benzene ring substituents is 1. The van der Waals surface area contributed by atoms with Crippen LogP contribution in [0.5, 0.6) is 5.75 Å². The fourth-order valence-corrected chi connectivity index (χ4v) is 1.67. The maximum absolute atomic E-state index is 10.9. The molecule has 0 aliphatic rings. The molecule has 1 unspecified atom stereocenters. The summed E-state index contributed by atoms with van der Waals surface area (Å²) in [5.74, 6) is 0.275. The first-order chi connectivity index (χ1) is 8.97. The minimum Gasteiger partial charge on any atom is -0.484 e. The quantitative estimate of drug-likeness (QED) is 0.585. The lowest BCUT2D eigenvalue weighted by atomic mass is 10.2. The van der Waals surface area contributed by atoms with Crippen LogP contribution < -0.4 is 15.8 Å². The molecule has 106 valence electrons. The van der Waals surface area contributed by atoms with Crippen LogP contribution in [0.15, 0.2) is 18.2 Å². The zero-order valence-corrected chi connectivity index (χ0v) is 11.6. The lowest BCUT2D eigenvalue weighted by molar-refractivity contribution is -0.386. The van der Waals surface area contributed by atoms with E-state index in [0.29, 0.717) is 6.54 Å². The maximum atomic E-state index is 10.9. The molecule has 0 amide bonds. The Balaban J connectivity index is 3.00. The molecule has 6 nitrogen and oxygen atoms in total. The number of nitro groups is 1. The zero-order chi connectivity index (χ0) is 14.4. The van der Waals surface area contributed by atoms with Gasteiger partial charge < -0.3 is 15.8 Å². The second-order valence-corrected chi connectivity index (χ2v) is 4.59. The van der Waals surface area contributed by atoms with Crippen LogP contribution in [0.25, 0.3) is 0 Å². The van der Waals surface area contributed by atoms with Gasteiger partial charge in [0.2, 0.25) is 0 Å². The van der Waals surface area contributed by atoms with E-state index < -0.39 is 4.92 Å². The topological polar surface area (TPSA) is 90.4 Å². The molecule has 0 aliphatic heterocycles. The van der Waals surface area contributed by atoms with Crippen molar-refractivity contribution < 1.29 is 9.66 Å². The van der Waals surface area contributed by atoms with E-state index in [1.54, 1.807) is 12.1 Å². The lowest BCUT2D eigenvalue weighted by Crippen LogP contribution is -2.27. The fourth-order valence-electron chi connectivity index (χ4n) is 1.67. The molecule has 0 spiro atoms. The van der Waals surface area contributed by atoms with Crippen LogP contribution in [0, 0.1) is 10.1 Å². The lowest BCUT2D eigenvalue weighted by Gasteiger charge is -2.17. The number of hydrogen-bond acceptors (Lipinski definition) is 5. The van der Waals surface area contributed by atoms with E-state index in [1.165, 1.54) is 6.07 Å². The van der Waals surface area contributed by atoms with Crippen molar-refractivity contribution in [2.45, 2.75) is 39.3 Å². The van der Waals surface area contributed by atoms with E-state index in [-0.39, 0.29) is 23.6 Å². The Morgan fingerprint density at radius 3 is 2.63 bits per heavy atom. The monoisotopic (exact) mass is 267 g/mol. The molecule has 1 rings (SSSR count). The van der Waals surface area contributed by atoms with Crippen LogP contribution in [0.2, 0.25) is 0 Å². The molecule has 1 atom stereocenters. The predicted molar refractivity (Wildman–Crippen MR) is 75.6 cm³/mol. The summed E-state index contributed by atoms with van der Waals surface area (Å²) in [6, 6.07) is 4.91. The Morgan fingerprint density at radius 2 is 2.16 bits per heavy atom. The highest BCUT2D eigenvalue weighted by molar-refractivity contribution is 5.58. The minimum absolute atomic E-state index is 0.0277. The second-order valence-electron chi connectivity index (χ2n) is 4.59. The van der Waals surface area contributed by atoms with Crippen molar-refractivity contribution in [3.8, 4) is 5.75 Å². The number of nitrogens with two attached hydrogens (primary N) is 1. The summed E-state index contributed by atoms with van der Waals surface area (Å²) >= 11 is 0. The Hall–Kier alpha value is -1.82. The summed E-state index contributed by atoms with van der Waals surface area (Å²) in [5.41, 5.74) is 6.37. The van der Waals surface area contributed by atoms with E-state index in [4.69, 9.17) is 10.5 Å². The molecule has 3 N–H and O–H groups in total. The van der Waals surface area contributed by atoms with Gasteiger partial charge in [-0.05, 0) is 26.3 Å². The Morgan fingerprint density at radius 1 is 1.47 bits per heavy atom. The SMILES string of the molecule is CCC(CN)Nc1ccc([N+](=O)[O-])c(OC(C)C)c1. The molecule has 0 radical (unpaired) electrons. The summed E-state index contributed by atoms with van der Waals surface area (Å²) in [6.07, 6.45) is 0.763. The first-order valence-electron chi connectivity index (χ1n) is 6.39. The van der Waals surface area contributed by atoms with Crippen LogP contribution in [-0.4, -0.2) is 23.6 Å². The molecule has 0 aliphatic carbocycles. The largest absolute Gasteiger partial charge is 0.484 e. The van der Waals surface area contributed by atoms with Gasteiger partial charge in [0.25, 0.3) is 0 Å². The van der Waals surface area contributed by atoms with E-state index in [9.17, 15) is 10.1 Å². The summed E-state index contributed by atoms with van der Waals surface area (Å²) in [6.45, 7) is 6.20. The van der Waals surface area contributed by atoms with Crippen molar-refractivity contribution in [1.29, 1.82) is 0 Å². The van der Waals surface area contributed by atoms with E-state index in [0.717, 1.165) is 12.1 Å². The number of benzene rings is 1. The summed E-state index contributed by atoms with van der Waals surface area (Å²) in [4.78, 5) is 10.5. The number of nitrogens with one attached hydrogen (secondary N) is 1. The van der Waals surface area contributed by atoms with Crippen LogP contribution in [0.1, 0.15) is 27.2 Å². The average Bonchev–Trinajstić information content (AvgIpc) is 2.35. The van der Waals surface area contributed by atoms with Crippen molar-refractivity contribution >= 4 is 11.4 Å². The molecule has 0 aromatic heterocycles. The van der Waals surface area contributed by atoms with Gasteiger partial charge in [-0.25, -0.2) is 0 Å².